The van der Waals surface area contributed by atoms with Gasteiger partial charge in [-0.2, -0.15) is 0 Å². The number of rotatable bonds is 1. The predicted molar refractivity (Wildman–Crippen MR) is 161 cm³/mol. The summed E-state index contributed by atoms with van der Waals surface area (Å²) in [5.41, 5.74) is 4.01. The Bertz CT molecular complexity index is 2180. The smallest absolute Gasteiger partial charge is 0.144 e. The van der Waals surface area contributed by atoms with Crippen molar-refractivity contribution in [3.05, 3.63) is 127 Å². The van der Waals surface area contributed by atoms with Gasteiger partial charge in [-0.3, -0.25) is 0 Å². The van der Waals surface area contributed by atoms with Crippen molar-refractivity contribution in [2.24, 2.45) is 0 Å². The molecule has 1 aliphatic heterocycles. The molecule has 0 saturated carbocycles. The third-order valence-electron chi connectivity index (χ3n) is 8.34. The molecule has 184 valence electrons. The van der Waals surface area contributed by atoms with Crippen LogP contribution in [-0.4, -0.2) is 12.1 Å². The van der Waals surface area contributed by atoms with Crippen molar-refractivity contribution in [3.8, 4) is 5.75 Å². The molecule has 6 aromatic carbocycles. The lowest BCUT2D eigenvalue weighted by molar-refractivity contribution is 0.218. The number of hydrogen-bond acceptors (Lipinski definition) is 3. The molecule has 0 spiro atoms. The highest BCUT2D eigenvalue weighted by Gasteiger charge is 2.35. The Morgan fingerprint density at radius 2 is 1.15 bits per heavy atom. The highest BCUT2D eigenvalue weighted by Crippen LogP contribution is 2.45. The molecule has 0 fully saturated rings. The maximum Gasteiger partial charge on any atom is 0.144 e. The number of fused-ring (bicyclic) bond motifs is 11. The first-order chi connectivity index (χ1) is 19.3. The second-order valence-corrected chi connectivity index (χ2v) is 10.4. The monoisotopic (exact) mass is 501 g/mol. The van der Waals surface area contributed by atoms with Gasteiger partial charge in [0.05, 0.1) is 11.7 Å². The molecular weight excluding hydrogens is 478 g/mol. The predicted octanol–water partition coefficient (Wildman–Crippen LogP) is 9.44. The SMILES string of the molecule is C1=CC2Oc3ccccc3N(c3ccc4oc5cc6c7ccccc7c7ccccc7c6cc5c4c3)C2C=C1. The Morgan fingerprint density at radius 3 is 1.95 bits per heavy atom. The third-order valence-corrected chi connectivity index (χ3v) is 8.34. The van der Waals surface area contributed by atoms with Crippen molar-refractivity contribution in [1.29, 1.82) is 0 Å². The lowest BCUT2D eigenvalue weighted by atomic mass is 9.93. The van der Waals surface area contributed by atoms with Gasteiger partial charge >= 0.3 is 0 Å². The third kappa shape index (κ3) is 2.93. The van der Waals surface area contributed by atoms with Gasteiger partial charge in [0.1, 0.15) is 23.0 Å². The molecule has 1 aromatic heterocycles. The Hall–Kier alpha value is -5.02. The quantitative estimate of drug-likeness (QED) is 0.210. The number of ether oxygens (including phenoxy) is 1. The Labute approximate surface area is 224 Å². The van der Waals surface area contributed by atoms with E-state index in [4.69, 9.17) is 9.15 Å². The van der Waals surface area contributed by atoms with E-state index < -0.39 is 0 Å². The van der Waals surface area contributed by atoms with Crippen LogP contribution in [0.5, 0.6) is 5.75 Å². The molecule has 3 nitrogen and oxygen atoms in total. The molecule has 0 saturated heterocycles. The number of hydrogen-bond donors (Lipinski definition) is 0. The van der Waals surface area contributed by atoms with E-state index in [1.54, 1.807) is 0 Å². The highest BCUT2D eigenvalue weighted by molar-refractivity contribution is 6.28. The fourth-order valence-corrected chi connectivity index (χ4v) is 6.60. The molecule has 0 amide bonds. The van der Waals surface area contributed by atoms with Crippen LogP contribution in [0.25, 0.3) is 54.3 Å². The van der Waals surface area contributed by atoms with Crippen LogP contribution in [0.15, 0.2) is 132 Å². The first kappa shape index (κ1) is 21.0. The molecule has 2 heterocycles. The van der Waals surface area contributed by atoms with Gasteiger partial charge < -0.3 is 14.1 Å². The Kier molecular flexibility index (Phi) is 4.17. The van der Waals surface area contributed by atoms with Gasteiger partial charge in [-0.1, -0.05) is 78.9 Å². The lowest BCUT2D eigenvalue weighted by Crippen LogP contribution is -2.46. The van der Waals surface area contributed by atoms with E-state index in [0.717, 1.165) is 39.1 Å². The average molecular weight is 502 g/mol. The molecule has 2 unspecified atom stereocenters. The van der Waals surface area contributed by atoms with Gasteiger partial charge in [-0.25, -0.2) is 0 Å². The number of anilines is 2. The zero-order valence-electron chi connectivity index (χ0n) is 21.0. The summed E-state index contributed by atoms with van der Waals surface area (Å²) >= 11 is 0. The number of furan rings is 1. The first-order valence-electron chi connectivity index (χ1n) is 13.4. The molecule has 2 atom stereocenters. The highest BCUT2D eigenvalue weighted by atomic mass is 16.5. The van der Waals surface area contributed by atoms with E-state index in [2.05, 4.69) is 126 Å². The van der Waals surface area contributed by atoms with Crippen LogP contribution in [0.2, 0.25) is 0 Å². The summed E-state index contributed by atoms with van der Waals surface area (Å²) in [6.45, 7) is 0. The summed E-state index contributed by atoms with van der Waals surface area (Å²) in [7, 11) is 0. The van der Waals surface area contributed by atoms with Crippen molar-refractivity contribution in [3.63, 3.8) is 0 Å². The minimum absolute atomic E-state index is 0.0368. The van der Waals surface area contributed by atoms with Gasteiger partial charge in [0, 0.05) is 16.5 Å². The van der Waals surface area contributed by atoms with Crippen LogP contribution in [-0.2, 0) is 0 Å². The van der Waals surface area contributed by atoms with Crippen LogP contribution in [0.4, 0.5) is 11.4 Å². The zero-order chi connectivity index (χ0) is 25.5. The molecule has 0 N–H and O–H groups in total. The summed E-state index contributed by atoms with van der Waals surface area (Å²) < 4.78 is 12.8. The second kappa shape index (κ2) is 7.75. The van der Waals surface area contributed by atoms with E-state index in [9.17, 15) is 0 Å². The number of para-hydroxylation sites is 2. The van der Waals surface area contributed by atoms with Crippen molar-refractivity contribution in [2.75, 3.05) is 4.90 Å². The van der Waals surface area contributed by atoms with Crippen LogP contribution in [0.1, 0.15) is 0 Å². The van der Waals surface area contributed by atoms with E-state index in [-0.39, 0.29) is 12.1 Å². The van der Waals surface area contributed by atoms with Crippen molar-refractivity contribution in [1.82, 2.24) is 0 Å². The topological polar surface area (TPSA) is 25.6 Å². The van der Waals surface area contributed by atoms with Gasteiger partial charge in [0.15, 0.2) is 0 Å². The maximum absolute atomic E-state index is 6.47. The molecule has 1 aliphatic carbocycles. The normalized spacial score (nSPS) is 18.2. The minimum Gasteiger partial charge on any atom is -0.482 e. The average Bonchev–Trinajstić information content (AvgIpc) is 3.36. The molecule has 0 bridgehead atoms. The molecule has 0 radical (unpaired) electrons. The molecule has 7 aromatic rings. The molecule has 9 rings (SSSR count). The largest absolute Gasteiger partial charge is 0.482 e. The summed E-state index contributed by atoms with van der Waals surface area (Å²) in [6.07, 6.45) is 8.51. The van der Waals surface area contributed by atoms with E-state index >= 15 is 0 Å². The van der Waals surface area contributed by atoms with Gasteiger partial charge in [-0.05, 0) is 80.9 Å². The maximum atomic E-state index is 6.47. The lowest BCUT2D eigenvalue weighted by Gasteiger charge is -2.42. The van der Waals surface area contributed by atoms with Crippen LogP contribution in [0, 0.1) is 0 Å². The second-order valence-electron chi connectivity index (χ2n) is 10.4. The number of benzene rings is 6. The standard InChI is InChI=1S/C36H23NO2/c1-3-11-25-23(9-1)24-10-2-4-12-26(24)28-21-36-30(20-27(25)28)29-19-22(17-18-33(29)38-36)37-31-13-5-7-15-34(31)39-35-16-8-6-14-32(35)37/h1-21,31,34H. The van der Waals surface area contributed by atoms with Crippen LogP contribution in [0.3, 0.4) is 0 Å². The van der Waals surface area contributed by atoms with Gasteiger partial charge in [-0.15, -0.1) is 0 Å². The summed E-state index contributed by atoms with van der Waals surface area (Å²) in [4.78, 5) is 2.39. The Morgan fingerprint density at radius 1 is 0.513 bits per heavy atom. The number of allylic oxidation sites excluding steroid dienone is 2. The fraction of sp³-hybridized carbons (Fsp3) is 0.0556. The van der Waals surface area contributed by atoms with Crippen molar-refractivity contribution in [2.45, 2.75) is 12.1 Å². The molecule has 39 heavy (non-hydrogen) atoms. The summed E-state index contributed by atoms with van der Waals surface area (Å²) in [5, 5.41) is 9.80. The summed E-state index contributed by atoms with van der Waals surface area (Å²) in [6, 6.07) is 36.9. The molecule has 2 aliphatic rings. The zero-order valence-corrected chi connectivity index (χ0v) is 21.0. The van der Waals surface area contributed by atoms with Crippen molar-refractivity contribution < 1.29 is 9.15 Å². The fourth-order valence-electron chi connectivity index (χ4n) is 6.60. The summed E-state index contributed by atoms with van der Waals surface area (Å²) in [5.74, 6) is 0.903. The van der Waals surface area contributed by atoms with Crippen molar-refractivity contribution >= 4 is 65.6 Å². The molecular formula is C36H23NO2. The first-order valence-corrected chi connectivity index (χ1v) is 13.4. The molecule has 3 heteroatoms. The Balaban J connectivity index is 1.32. The minimum atomic E-state index is -0.0368. The van der Waals surface area contributed by atoms with Gasteiger partial charge in [0.2, 0.25) is 0 Å². The van der Waals surface area contributed by atoms with Gasteiger partial charge in [0.25, 0.3) is 0 Å². The van der Waals surface area contributed by atoms with E-state index in [0.29, 0.717) is 0 Å². The van der Waals surface area contributed by atoms with Crippen LogP contribution < -0.4 is 9.64 Å². The van der Waals surface area contributed by atoms with E-state index in [1.165, 1.54) is 32.3 Å². The van der Waals surface area contributed by atoms with Crippen LogP contribution >= 0.6 is 0 Å². The van der Waals surface area contributed by atoms with E-state index in [1.807, 2.05) is 6.07 Å². The number of nitrogens with zero attached hydrogens (tertiary/aromatic N) is 1.